The second-order valence-electron chi connectivity index (χ2n) is 4.79. The lowest BCUT2D eigenvalue weighted by molar-refractivity contribution is -0.143. The number of halogens is 1. The Kier molecular flexibility index (Phi) is 4.98. The summed E-state index contributed by atoms with van der Waals surface area (Å²) in [6.07, 6.45) is 0. The molecule has 5 nitrogen and oxygen atoms in total. The van der Waals surface area contributed by atoms with E-state index in [0.29, 0.717) is 16.7 Å². The van der Waals surface area contributed by atoms with Crippen LogP contribution in [0.15, 0.2) is 28.7 Å². The number of aromatic nitrogens is 1. The maximum atomic E-state index is 10.7. The van der Waals surface area contributed by atoms with Crippen molar-refractivity contribution in [3.63, 3.8) is 0 Å². The number of carboxylic acid groups (broad SMARTS) is 1. The van der Waals surface area contributed by atoms with Gasteiger partial charge < -0.3 is 14.3 Å². The van der Waals surface area contributed by atoms with E-state index in [0.717, 1.165) is 11.3 Å². The van der Waals surface area contributed by atoms with E-state index in [1.165, 1.54) is 0 Å². The van der Waals surface area contributed by atoms with Gasteiger partial charge in [-0.2, -0.15) is 0 Å². The van der Waals surface area contributed by atoms with Crippen LogP contribution in [0.5, 0.6) is 0 Å². The van der Waals surface area contributed by atoms with Gasteiger partial charge in [0.1, 0.15) is 6.61 Å². The second kappa shape index (κ2) is 6.74. The number of carboxylic acids is 1. The molecule has 1 atom stereocenters. The molecule has 112 valence electrons. The lowest BCUT2D eigenvalue weighted by Gasteiger charge is -2.06. The first-order valence-corrected chi connectivity index (χ1v) is 6.88. The molecule has 0 aliphatic heterocycles. The first-order valence-electron chi connectivity index (χ1n) is 6.50. The highest BCUT2D eigenvalue weighted by Crippen LogP contribution is 2.23. The van der Waals surface area contributed by atoms with Gasteiger partial charge in [0.2, 0.25) is 5.89 Å². The average molecular weight is 310 g/mol. The molecule has 1 aromatic carbocycles. The van der Waals surface area contributed by atoms with Gasteiger partial charge in [0.15, 0.2) is 5.76 Å². The lowest BCUT2D eigenvalue weighted by Crippen LogP contribution is -2.16. The monoisotopic (exact) mass is 309 g/mol. The Balaban J connectivity index is 2.02. The van der Waals surface area contributed by atoms with Gasteiger partial charge in [-0.3, -0.25) is 4.79 Å². The van der Waals surface area contributed by atoms with Crippen molar-refractivity contribution in [3.8, 4) is 11.5 Å². The third-order valence-electron chi connectivity index (χ3n) is 3.01. The molecule has 1 N–H and O–H groups in total. The molecular weight excluding hydrogens is 294 g/mol. The van der Waals surface area contributed by atoms with E-state index in [9.17, 15) is 4.79 Å². The number of rotatable bonds is 6. The summed E-state index contributed by atoms with van der Waals surface area (Å²) < 4.78 is 11.0. The third-order valence-corrected chi connectivity index (χ3v) is 3.26. The van der Waals surface area contributed by atoms with E-state index in [4.69, 9.17) is 25.9 Å². The minimum absolute atomic E-state index is 0.131. The molecule has 0 saturated heterocycles. The van der Waals surface area contributed by atoms with Crippen LogP contribution in [0.4, 0.5) is 0 Å². The van der Waals surface area contributed by atoms with Crippen LogP contribution in [0.1, 0.15) is 18.4 Å². The van der Waals surface area contributed by atoms with Crippen molar-refractivity contribution in [2.24, 2.45) is 5.92 Å². The fourth-order valence-electron chi connectivity index (χ4n) is 1.68. The summed E-state index contributed by atoms with van der Waals surface area (Å²) in [7, 11) is 0. The lowest BCUT2D eigenvalue weighted by atomic mass is 10.2. The van der Waals surface area contributed by atoms with Gasteiger partial charge >= 0.3 is 5.97 Å². The van der Waals surface area contributed by atoms with E-state index < -0.39 is 11.9 Å². The Labute approximate surface area is 127 Å². The minimum Gasteiger partial charge on any atom is -0.481 e. The summed E-state index contributed by atoms with van der Waals surface area (Å²) in [5.41, 5.74) is 1.55. The zero-order chi connectivity index (χ0) is 15.4. The van der Waals surface area contributed by atoms with Gasteiger partial charge in [0.25, 0.3) is 0 Å². The highest BCUT2D eigenvalue weighted by Gasteiger charge is 2.14. The van der Waals surface area contributed by atoms with Gasteiger partial charge in [-0.15, -0.1) is 0 Å². The second-order valence-corrected chi connectivity index (χ2v) is 5.23. The van der Waals surface area contributed by atoms with E-state index >= 15 is 0 Å². The topological polar surface area (TPSA) is 72.6 Å². The number of aryl methyl sites for hydroxylation is 1. The fraction of sp³-hybridized carbons (Fsp3) is 0.333. The van der Waals surface area contributed by atoms with Gasteiger partial charge in [-0.25, -0.2) is 4.98 Å². The average Bonchev–Trinajstić information content (AvgIpc) is 2.81. The van der Waals surface area contributed by atoms with Crippen LogP contribution in [-0.2, 0) is 16.1 Å². The Bertz CT molecular complexity index is 621. The summed E-state index contributed by atoms with van der Waals surface area (Å²) in [6.45, 7) is 3.74. The van der Waals surface area contributed by atoms with E-state index in [1.54, 1.807) is 19.1 Å². The van der Waals surface area contributed by atoms with Crippen LogP contribution in [0.2, 0.25) is 5.02 Å². The number of hydrogen-bond acceptors (Lipinski definition) is 4. The molecule has 0 bridgehead atoms. The fourth-order valence-corrected chi connectivity index (χ4v) is 1.80. The summed E-state index contributed by atoms with van der Waals surface area (Å²) in [5.74, 6) is -0.346. The molecule has 0 saturated carbocycles. The normalized spacial score (nSPS) is 12.3. The molecular formula is C15H16ClNO4. The zero-order valence-electron chi connectivity index (χ0n) is 11.8. The van der Waals surface area contributed by atoms with Crippen molar-refractivity contribution in [2.75, 3.05) is 6.61 Å². The molecule has 1 heterocycles. The van der Waals surface area contributed by atoms with Crippen LogP contribution in [0, 0.1) is 12.8 Å². The van der Waals surface area contributed by atoms with Gasteiger partial charge in [0.05, 0.1) is 18.2 Å². The Morgan fingerprint density at radius 2 is 2.10 bits per heavy atom. The summed E-state index contributed by atoms with van der Waals surface area (Å²) in [6, 6.07) is 7.18. The summed E-state index contributed by atoms with van der Waals surface area (Å²) in [5, 5.41) is 9.43. The number of carbonyl (C=O) groups is 1. The molecule has 0 radical (unpaired) electrons. The van der Waals surface area contributed by atoms with Crippen LogP contribution in [-0.4, -0.2) is 22.7 Å². The first kappa shape index (κ1) is 15.5. The molecule has 0 aliphatic carbocycles. The molecule has 21 heavy (non-hydrogen) atoms. The highest BCUT2D eigenvalue weighted by atomic mass is 35.5. The van der Waals surface area contributed by atoms with E-state index in [-0.39, 0.29) is 13.2 Å². The minimum atomic E-state index is -0.883. The van der Waals surface area contributed by atoms with E-state index in [2.05, 4.69) is 4.98 Å². The van der Waals surface area contributed by atoms with E-state index in [1.807, 2.05) is 19.1 Å². The van der Waals surface area contributed by atoms with Gasteiger partial charge in [-0.05, 0) is 38.1 Å². The molecule has 0 spiro atoms. The Morgan fingerprint density at radius 1 is 1.43 bits per heavy atom. The Morgan fingerprint density at radius 3 is 2.71 bits per heavy atom. The van der Waals surface area contributed by atoms with Gasteiger partial charge in [-0.1, -0.05) is 11.6 Å². The molecule has 6 heteroatoms. The van der Waals surface area contributed by atoms with Gasteiger partial charge in [0, 0.05) is 10.6 Å². The zero-order valence-corrected chi connectivity index (χ0v) is 12.6. The predicted octanol–water partition coefficient (Wildman–Crippen LogP) is 3.54. The molecule has 0 aliphatic rings. The maximum absolute atomic E-state index is 10.7. The van der Waals surface area contributed by atoms with Crippen molar-refractivity contribution < 1.29 is 19.1 Å². The van der Waals surface area contributed by atoms with Crippen molar-refractivity contribution in [3.05, 3.63) is 40.7 Å². The molecule has 0 fully saturated rings. The predicted molar refractivity (Wildman–Crippen MR) is 78.1 cm³/mol. The molecule has 0 amide bonds. The standard InChI is InChI=1S/C15H16ClNO4/c1-9(15(18)19)7-20-8-13-10(2)17-14(21-13)11-3-5-12(16)6-4-11/h3-6,9H,7-8H2,1-2H3,(H,18,19). The summed E-state index contributed by atoms with van der Waals surface area (Å²) in [4.78, 5) is 15.0. The SMILES string of the molecule is Cc1nc(-c2ccc(Cl)cc2)oc1COCC(C)C(=O)O. The molecule has 1 unspecified atom stereocenters. The van der Waals surface area contributed by atoms with Crippen molar-refractivity contribution in [1.29, 1.82) is 0 Å². The maximum Gasteiger partial charge on any atom is 0.308 e. The summed E-state index contributed by atoms with van der Waals surface area (Å²) >= 11 is 5.84. The largest absolute Gasteiger partial charge is 0.481 e. The quantitative estimate of drug-likeness (QED) is 0.883. The number of aliphatic carboxylic acids is 1. The number of hydrogen-bond donors (Lipinski definition) is 1. The van der Waals surface area contributed by atoms with Crippen LogP contribution in [0.25, 0.3) is 11.5 Å². The van der Waals surface area contributed by atoms with Crippen LogP contribution >= 0.6 is 11.6 Å². The number of benzene rings is 1. The van der Waals surface area contributed by atoms with Crippen molar-refractivity contribution in [1.82, 2.24) is 4.98 Å². The smallest absolute Gasteiger partial charge is 0.308 e. The highest BCUT2D eigenvalue weighted by molar-refractivity contribution is 6.30. The van der Waals surface area contributed by atoms with Crippen LogP contribution < -0.4 is 0 Å². The van der Waals surface area contributed by atoms with Crippen molar-refractivity contribution >= 4 is 17.6 Å². The third kappa shape index (κ3) is 4.06. The number of oxazole rings is 1. The molecule has 2 aromatic rings. The molecule has 2 rings (SSSR count). The Hall–Kier alpha value is -1.85. The van der Waals surface area contributed by atoms with Crippen molar-refractivity contribution in [2.45, 2.75) is 20.5 Å². The van der Waals surface area contributed by atoms with Crippen LogP contribution in [0.3, 0.4) is 0 Å². The first-order chi connectivity index (χ1) is 9.97. The number of nitrogens with zero attached hydrogens (tertiary/aromatic N) is 1. The molecule has 1 aromatic heterocycles. The number of ether oxygens (including phenoxy) is 1.